The van der Waals surface area contributed by atoms with Crippen molar-refractivity contribution in [3.8, 4) is 0 Å². The number of unbranched alkanes of at least 4 members (excludes halogenated alkanes) is 4. The van der Waals surface area contributed by atoms with Gasteiger partial charge in [0, 0.05) is 12.7 Å². The van der Waals surface area contributed by atoms with Crippen molar-refractivity contribution in [2.45, 2.75) is 51.3 Å². The summed E-state index contributed by atoms with van der Waals surface area (Å²) in [5, 5.41) is 10.2. The van der Waals surface area contributed by atoms with Crippen molar-refractivity contribution in [3.05, 3.63) is 29.8 Å². The van der Waals surface area contributed by atoms with Crippen LogP contribution in [0.15, 0.2) is 24.3 Å². The molecule has 1 saturated heterocycles. The molecular formula is C21H35Cl2F3N2O2. The maximum absolute atomic E-state index is 12.9. The lowest BCUT2D eigenvalue weighted by Crippen LogP contribution is -3.26. The first-order valence-corrected chi connectivity index (χ1v) is 10.5. The van der Waals surface area contributed by atoms with Crippen molar-refractivity contribution in [1.82, 2.24) is 0 Å². The lowest BCUT2D eigenvalue weighted by atomic mass is 10.1. The Morgan fingerprint density at radius 3 is 2.33 bits per heavy atom. The number of rotatable bonds is 11. The molecule has 1 aliphatic rings. The second-order valence-corrected chi connectivity index (χ2v) is 7.78. The topological polar surface area (TPSA) is 38.3 Å². The zero-order valence-corrected chi connectivity index (χ0v) is 19.1. The van der Waals surface area contributed by atoms with Gasteiger partial charge in [-0.3, -0.25) is 4.90 Å². The van der Waals surface area contributed by atoms with E-state index in [4.69, 9.17) is 4.74 Å². The molecule has 0 spiro atoms. The Bertz CT molecular complexity index is 571. The molecule has 2 rings (SSSR count). The number of hydrogen-bond donors (Lipinski definition) is 3. The number of ether oxygens (including phenoxy) is 1. The number of piperazine rings is 1. The molecule has 1 aliphatic heterocycles. The summed E-state index contributed by atoms with van der Waals surface area (Å²) in [6.07, 6.45) is 1.16. The van der Waals surface area contributed by atoms with Gasteiger partial charge in [0.2, 0.25) is 0 Å². The maximum Gasteiger partial charge on any atom is 0.416 e. The van der Waals surface area contributed by atoms with Crippen molar-refractivity contribution in [1.29, 1.82) is 0 Å². The number of aliphatic hydroxyl groups excluding tert-OH is 1. The van der Waals surface area contributed by atoms with Gasteiger partial charge in [0.25, 0.3) is 0 Å². The van der Waals surface area contributed by atoms with Crippen LogP contribution in [0.2, 0.25) is 0 Å². The van der Waals surface area contributed by atoms with E-state index in [2.05, 4.69) is 6.92 Å². The van der Waals surface area contributed by atoms with Gasteiger partial charge in [-0.25, -0.2) is 0 Å². The van der Waals surface area contributed by atoms with Crippen LogP contribution >= 0.6 is 0 Å². The van der Waals surface area contributed by atoms with Crippen LogP contribution < -0.4 is 34.6 Å². The molecule has 176 valence electrons. The van der Waals surface area contributed by atoms with E-state index < -0.39 is 17.8 Å². The van der Waals surface area contributed by atoms with Crippen LogP contribution in [-0.4, -0.2) is 57.1 Å². The summed E-state index contributed by atoms with van der Waals surface area (Å²) in [5.74, 6) is 0. The third-order valence-corrected chi connectivity index (χ3v) is 5.39. The average Bonchev–Trinajstić information content (AvgIpc) is 2.67. The second kappa shape index (κ2) is 15.3. The number of alkyl halides is 3. The number of halogens is 5. The molecule has 9 heteroatoms. The Morgan fingerprint density at radius 2 is 1.70 bits per heavy atom. The first-order chi connectivity index (χ1) is 13.4. The van der Waals surface area contributed by atoms with Crippen LogP contribution in [0.25, 0.3) is 0 Å². The fourth-order valence-electron chi connectivity index (χ4n) is 3.73. The quantitative estimate of drug-likeness (QED) is 0.283. The maximum atomic E-state index is 12.9. The van der Waals surface area contributed by atoms with Gasteiger partial charge in [-0.2, -0.15) is 13.2 Å². The molecule has 0 bridgehead atoms. The Morgan fingerprint density at radius 1 is 1.03 bits per heavy atom. The first-order valence-electron chi connectivity index (χ1n) is 10.5. The summed E-state index contributed by atoms with van der Waals surface area (Å²) in [7, 11) is 0. The molecule has 1 heterocycles. The lowest BCUT2D eigenvalue weighted by molar-refractivity contribution is -0.988. The van der Waals surface area contributed by atoms with Gasteiger partial charge in [-0.05, 0) is 18.6 Å². The Kier molecular flexibility index (Phi) is 15.0. The summed E-state index contributed by atoms with van der Waals surface area (Å²) in [6.45, 7) is 7.08. The third-order valence-electron chi connectivity index (χ3n) is 5.39. The van der Waals surface area contributed by atoms with Crippen molar-refractivity contribution in [2.75, 3.05) is 45.9 Å². The zero-order chi connectivity index (χ0) is 20.4. The molecule has 1 aromatic carbocycles. The molecule has 1 fully saturated rings. The highest BCUT2D eigenvalue weighted by atomic mass is 35.5. The zero-order valence-electron chi connectivity index (χ0n) is 17.6. The predicted molar refractivity (Wildman–Crippen MR) is 103 cm³/mol. The van der Waals surface area contributed by atoms with Crippen LogP contribution in [0.1, 0.15) is 44.6 Å². The molecule has 1 aromatic rings. The molecule has 30 heavy (non-hydrogen) atoms. The van der Waals surface area contributed by atoms with Crippen LogP contribution in [0.3, 0.4) is 0 Å². The number of benzene rings is 1. The van der Waals surface area contributed by atoms with Crippen molar-refractivity contribution in [3.63, 3.8) is 0 Å². The molecule has 0 saturated carbocycles. The van der Waals surface area contributed by atoms with Gasteiger partial charge in [0.05, 0.1) is 12.2 Å². The van der Waals surface area contributed by atoms with E-state index in [1.807, 2.05) is 0 Å². The number of hydrogen-bond acceptors (Lipinski definition) is 2. The van der Waals surface area contributed by atoms with Crippen LogP contribution in [-0.2, 0) is 10.9 Å². The van der Waals surface area contributed by atoms with E-state index in [0.29, 0.717) is 25.4 Å². The molecule has 4 nitrogen and oxygen atoms in total. The minimum Gasteiger partial charge on any atom is -1.00 e. The minimum absolute atomic E-state index is 0. The van der Waals surface area contributed by atoms with E-state index in [0.717, 1.165) is 43.6 Å². The summed E-state index contributed by atoms with van der Waals surface area (Å²) in [6, 6.07) is 5.61. The summed E-state index contributed by atoms with van der Waals surface area (Å²) in [4.78, 5) is 2.36. The van der Waals surface area contributed by atoms with Gasteiger partial charge < -0.3 is 39.6 Å². The second-order valence-electron chi connectivity index (χ2n) is 7.78. The first kappa shape index (κ1) is 29.4. The fraction of sp³-hybridized carbons (Fsp3) is 0.714. The van der Waals surface area contributed by atoms with Gasteiger partial charge in [0.1, 0.15) is 44.5 Å². The molecule has 1 unspecified atom stereocenters. The lowest BCUT2D eigenvalue weighted by Gasteiger charge is -2.30. The molecule has 1 atom stereocenters. The highest BCUT2D eigenvalue weighted by Crippen LogP contribution is 2.29. The predicted octanol–water partition coefficient (Wildman–Crippen LogP) is -4.52. The van der Waals surface area contributed by atoms with E-state index in [1.54, 1.807) is 6.07 Å². The summed E-state index contributed by atoms with van der Waals surface area (Å²) in [5.41, 5.74) is 0.107. The molecule has 0 aliphatic carbocycles. The number of nitrogens with one attached hydrogen (secondary N) is 2. The van der Waals surface area contributed by atoms with Crippen LogP contribution in [0, 0.1) is 0 Å². The molecule has 0 amide bonds. The van der Waals surface area contributed by atoms with Gasteiger partial charge in [0.15, 0.2) is 0 Å². The normalized spacial score (nSPS) is 20.2. The Balaban J connectivity index is 0.00000420. The van der Waals surface area contributed by atoms with Crippen LogP contribution in [0.5, 0.6) is 0 Å². The molecule has 0 radical (unpaired) electrons. The third kappa shape index (κ3) is 10.6. The van der Waals surface area contributed by atoms with E-state index in [1.165, 1.54) is 42.7 Å². The SMILES string of the molecule is CCCCCCCOCC(O)C[NH+]1CC[NH+](c2cccc(C(F)(F)F)c2)CC1.[Cl-].[Cl-]. The Labute approximate surface area is 190 Å². The Hall–Kier alpha value is -0.570. The van der Waals surface area contributed by atoms with Crippen molar-refractivity contribution in [2.24, 2.45) is 0 Å². The summed E-state index contributed by atoms with van der Waals surface area (Å²) >= 11 is 0. The fourth-order valence-corrected chi connectivity index (χ4v) is 3.73. The van der Waals surface area contributed by atoms with E-state index in [9.17, 15) is 18.3 Å². The van der Waals surface area contributed by atoms with Crippen LogP contribution in [0.4, 0.5) is 18.9 Å². The van der Waals surface area contributed by atoms with Crippen molar-refractivity contribution >= 4 is 5.69 Å². The highest BCUT2D eigenvalue weighted by molar-refractivity contribution is 5.35. The highest BCUT2D eigenvalue weighted by Gasteiger charge is 2.32. The molecule has 0 aromatic heterocycles. The number of aliphatic hydroxyl groups is 1. The minimum atomic E-state index is -4.30. The van der Waals surface area contributed by atoms with E-state index >= 15 is 0 Å². The average molecular weight is 475 g/mol. The standard InChI is InChI=1S/C21H33F3N2O2.2ClH/c1-2-3-4-5-6-14-28-17-20(27)16-25-10-12-26(13-11-25)19-9-7-8-18(15-19)21(22,23)24;;/h7-9,15,20,27H,2-6,10-14,16-17H2,1H3;2*1H. The molecular weight excluding hydrogens is 440 g/mol. The van der Waals surface area contributed by atoms with Crippen molar-refractivity contribution < 1.29 is 57.6 Å². The van der Waals surface area contributed by atoms with E-state index in [-0.39, 0.29) is 24.8 Å². The van der Waals surface area contributed by atoms with Gasteiger partial charge in [-0.1, -0.05) is 38.7 Å². The number of quaternary nitrogens is 2. The van der Waals surface area contributed by atoms with Gasteiger partial charge >= 0.3 is 6.18 Å². The van der Waals surface area contributed by atoms with Gasteiger partial charge in [-0.15, -0.1) is 0 Å². The molecule has 3 N–H and O–H groups in total. The monoisotopic (exact) mass is 474 g/mol. The smallest absolute Gasteiger partial charge is 0.416 e. The summed E-state index contributed by atoms with van der Waals surface area (Å²) < 4.78 is 44.3. The largest absolute Gasteiger partial charge is 1.00 e.